The molecular weight excluding hydrogens is 324 g/mol. The highest BCUT2D eigenvalue weighted by molar-refractivity contribution is 6.17. The summed E-state index contributed by atoms with van der Waals surface area (Å²) in [6.07, 6.45) is 7.64. The Kier molecular flexibility index (Phi) is 4.18. The molecule has 2 saturated carbocycles. The highest BCUT2D eigenvalue weighted by Gasteiger charge is 2.64. The molecule has 2 fully saturated rings. The van der Waals surface area contributed by atoms with Gasteiger partial charge in [0, 0.05) is 13.0 Å². The maximum Gasteiger partial charge on any atom is 0.154 e. The number of ether oxygens (including phenoxy) is 1. The molecular formula is C23H28O3. The zero-order valence-corrected chi connectivity index (χ0v) is 16.2. The Balaban J connectivity index is 1.86. The fraction of sp³-hybridized carbons (Fsp3) is 0.565. The number of aryl methyl sites for hydroxylation is 3. The summed E-state index contributed by atoms with van der Waals surface area (Å²) >= 11 is 0. The maximum absolute atomic E-state index is 13.6. The summed E-state index contributed by atoms with van der Waals surface area (Å²) in [7, 11) is 1.68. The van der Waals surface area contributed by atoms with Gasteiger partial charge in [-0.3, -0.25) is 9.59 Å². The third-order valence-corrected chi connectivity index (χ3v) is 6.97. The van der Waals surface area contributed by atoms with Gasteiger partial charge in [0.15, 0.2) is 11.6 Å². The van der Waals surface area contributed by atoms with Crippen molar-refractivity contribution in [2.45, 2.75) is 58.0 Å². The van der Waals surface area contributed by atoms with Gasteiger partial charge in [0.1, 0.15) is 5.92 Å². The van der Waals surface area contributed by atoms with Gasteiger partial charge >= 0.3 is 0 Å². The molecule has 26 heavy (non-hydrogen) atoms. The maximum atomic E-state index is 13.6. The molecule has 4 aliphatic rings. The molecule has 0 saturated heterocycles. The first-order chi connectivity index (χ1) is 12.5. The standard InChI is InChI=1S/C23H28O3/c1-5-14-11-13(3)12-15(6-2)17(14)19-21(24)18-16-7-9-23(26-4,10-8-16)20(18)22(19)25/h7,9,11-12,16,18-20H,5-6,8,10H2,1-4H3. The number of allylic oxidation sites excluding steroid dienone is 1. The summed E-state index contributed by atoms with van der Waals surface area (Å²) in [6.45, 7) is 6.30. The number of Topliss-reactive ketones (excluding diaryl/α,β-unsaturated/α-hetero) is 2. The van der Waals surface area contributed by atoms with Crippen LogP contribution in [0, 0.1) is 24.7 Å². The van der Waals surface area contributed by atoms with Crippen LogP contribution in [0.4, 0.5) is 0 Å². The van der Waals surface area contributed by atoms with E-state index in [1.54, 1.807) is 7.11 Å². The number of methoxy groups -OCH3 is 1. The Morgan fingerprint density at radius 2 is 1.77 bits per heavy atom. The van der Waals surface area contributed by atoms with Crippen LogP contribution in [0.1, 0.15) is 54.9 Å². The molecule has 5 unspecified atom stereocenters. The average Bonchev–Trinajstić information content (AvgIpc) is 2.95. The highest BCUT2D eigenvalue weighted by atomic mass is 16.5. The average molecular weight is 352 g/mol. The Hall–Kier alpha value is -1.74. The number of hydrogen-bond acceptors (Lipinski definition) is 3. The first kappa shape index (κ1) is 17.7. The molecule has 4 aliphatic carbocycles. The van der Waals surface area contributed by atoms with Crippen LogP contribution < -0.4 is 0 Å². The second-order valence-electron chi connectivity index (χ2n) is 8.17. The number of benzene rings is 1. The molecule has 1 aromatic carbocycles. The van der Waals surface area contributed by atoms with Gasteiger partial charge in [-0.25, -0.2) is 0 Å². The van der Waals surface area contributed by atoms with E-state index in [9.17, 15) is 9.59 Å². The van der Waals surface area contributed by atoms with Crippen molar-refractivity contribution < 1.29 is 14.3 Å². The number of fused-ring (bicyclic) bond motifs is 1. The van der Waals surface area contributed by atoms with E-state index in [1.807, 2.05) is 0 Å². The van der Waals surface area contributed by atoms with Crippen LogP contribution in [0.25, 0.3) is 0 Å². The quantitative estimate of drug-likeness (QED) is 0.609. The normalized spacial score (nSPS) is 35.2. The van der Waals surface area contributed by atoms with Gasteiger partial charge < -0.3 is 4.74 Å². The van der Waals surface area contributed by atoms with Crippen molar-refractivity contribution in [3.8, 4) is 0 Å². The summed E-state index contributed by atoms with van der Waals surface area (Å²) in [5.74, 6) is -0.719. The molecule has 3 heteroatoms. The van der Waals surface area contributed by atoms with Crippen LogP contribution in [0.5, 0.6) is 0 Å². The van der Waals surface area contributed by atoms with Gasteiger partial charge in [-0.1, -0.05) is 43.7 Å². The fourth-order valence-electron chi connectivity index (χ4n) is 5.76. The minimum Gasteiger partial charge on any atom is -0.373 e. The number of hydrogen-bond donors (Lipinski definition) is 0. The summed E-state index contributed by atoms with van der Waals surface area (Å²) in [5, 5.41) is 0. The molecule has 0 heterocycles. The van der Waals surface area contributed by atoms with E-state index >= 15 is 0 Å². The first-order valence-electron chi connectivity index (χ1n) is 9.91. The Morgan fingerprint density at radius 3 is 2.27 bits per heavy atom. The predicted octanol–water partition coefficient (Wildman–Crippen LogP) is 3.95. The van der Waals surface area contributed by atoms with Crippen molar-refractivity contribution in [1.29, 1.82) is 0 Å². The largest absolute Gasteiger partial charge is 0.373 e. The van der Waals surface area contributed by atoms with Crippen LogP contribution >= 0.6 is 0 Å². The zero-order chi connectivity index (χ0) is 18.6. The lowest BCUT2D eigenvalue weighted by Crippen LogP contribution is -2.52. The molecule has 0 spiro atoms. The van der Waals surface area contributed by atoms with Crippen LogP contribution in [-0.4, -0.2) is 24.3 Å². The molecule has 1 aromatic rings. The number of carbonyl (C=O) groups excluding carboxylic acids is 2. The van der Waals surface area contributed by atoms with Crippen molar-refractivity contribution in [3.63, 3.8) is 0 Å². The van der Waals surface area contributed by atoms with Crippen LogP contribution in [0.3, 0.4) is 0 Å². The molecule has 0 radical (unpaired) electrons. The van der Waals surface area contributed by atoms with E-state index < -0.39 is 11.5 Å². The summed E-state index contributed by atoms with van der Waals surface area (Å²) < 4.78 is 5.86. The lowest BCUT2D eigenvalue weighted by atomic mass is 9.60. The number of rotatable bonds is 4. The number of carbonyl (C=O) groups is 2. The van der Waals surface area contributed by atoms with Gasteiger partial charge in [0.05, 0.1) is 11.5 Å². The minimum absolute atomic E-state index is 0.0872. The van der Waals surface area contributed by atoms with Gasteiger partial charge in [-0.05, 0) is 55.2 Å². The smallest absolute Gasteiger partial charge is 0.154 e. The Morgan fingerprint density at radius 1 is 1.12 bits per heavy atom. The molecule has 5 atom stereocenters. The van der Waals surface area contributed by atoms with Gasteiger partial charge in [-0.2, -0.15) is 0 Å². The first-order valence-corrected chi connectivity index (χ1v) is 9.91. The molecule has 0 aromatic heterocycles. The van der Waals surface area contributed by atoms with Gasteiger partial charge in [-0.15, -0.1) is 0 Å². The highest BCUT2D eigenvalue weighted by Crippen LogP contribution is 2.56. The van der Waals surface area contributed by atoms with Gasteiger partial charge in [0.25, 0.3) is 0 Å². The summed E-state index contributed by atoms with van der Waals surface area (Å²) in [4.78, 5) is 27.1. The van der Waals surface area contributed by atoms with Crippen molar-refractivity contribution in [2.75, 3.05) is 7.11 Å². The number of ketones is 2. The van der Waals surface area contributed by atoms with E-state index in [0.29, 0.717) is 0 Å². The van der Waals surface area contributed by atoms with Gasteiger partial charge in [0.2, 0.25) is 0 Å². The molecule has 2 bridgehead atoms. The lowest BCUT2D eigenvalue weighted by Gasteiger charge is -2.47. The third-order valence-electron chi connectivity index (χ3n) is 6.97. The Labute approximate surface area is 155 Å². The van der Waals surface area contributed by atoms with Crippen molar-refractivity contribution >= 4 is 11.6 Å². The van der Waals surface area contributed by atoms with Crippen LogP contribution in [-0.2, 0) is 27.2 Å². The molecule has 0 aliphatic heterocycles. The molecule has 0 N–H and O–H groups in total. The van der Waals surface area contributed by atoms with E-state index in [2.05, 4.69) is 45.1 Å². The van der Waals surface area contributed by atoms with E-state index in [-0.39, 0.29) is 29.3 Å². The SMILES string of the molecule is CCc1cc(C)cc(CC)c1C1C(=O)C2C3C=CC(OC)(CC3)C2C1=O. The van der Waals surface area contributed by atoms with Crippen molar-refractivity contribution in [2.24, 2.45) is 17.8 Å². The summed E-state index contributed by atoms with van der Waals surface area (Å²) in [6, 6.07) is 4.30. The van der Waals surface area contributed by atoms with Crippen LogP contribution in [0.15, 0.2) is 24.3 Å². The topological polar surface area (TPSA) is 43.4 Å². The second-order valence-corrected chi connectivity index (χ2v) is 8.17. The lowest BCUT2D eigenvalue weighted by molar-refractivity contribution is -0.140. The zero-order valence-electron chi connectivity index (χ0n) is 16.2. The molecule has 3 nitrogen and oxygen atoms in total. The van der Waals surface area contributed by atoms with Crippen molar-refractivity contribution in [1.82, 2.24) is 0 Å². The fourth-order valence-corrected chi connectivity index (χ4v) is 5.76. The summed E-state index contributed by atoms with van der Waals surface area (Å²) in [5.41, 5.74) is 3.92. The third kappa shape index (κ3) is 2.22. The predicted molar refractivity (Wildman–Crippen MR) is 101 cm³/mol. The monoisotopic (exact) mass is 352 g/mol. The van der Waals surface area contributed by atoms with E-state index in [1.165, 1.54) is 5.56 Å². The van der Waals surface area contributed by atoms with E-state index in [0.717, 1.165) is 42.4 Å². The molecule has 0 amide bonds. The van der Waals surface area contributed by atoms with Crippen LogP contribution in [0.2, 0.25) is 0 Å². The van der Waals surface area contributed by atoms with E-state index in [4.69, 9.17) is 4.74 Å². The minimum atomic E-state index is -0.606. The second kappa shape index (κ2) is 6.16. The molecule has 138 valence electrons. The van der Waals surface area contributed by atoms with Crippen molar-refractivity contribution in [3.05, 3.63) is 46.5 Å². The molecule has 5 rings (SSSR count). The Bertz CT molecular complexity index is 781.